The van der Waals surface area contributed by atoms with Crippen molar-refractivity contribution in [3.63, 3.8) is 0 Å². The van der Waals surface area contributed by atoms with Gasteiger partial charge in [-0.2, -0.15) is 4.98 Å². The fourth-order valence-corrected chi connectivity index (χ4v) is 0.805. The largest absolute Gasteiger partial charge is 0.384 e. The zero-order valence-corrected chi connectivity index (χ0v) is 7.09. The Hall–Kier alpha value is -0.420. The van der Waals surface area contributed by atoms with Gasteiger partial charge in [-0.1, -0.05) is 5.16 Å². The van der Waals surface area contributed by atoms with Gasteiger partial charge in [0.2, 0.25) is 0 Å². The van der Waals surface area contributed by atoms with E-state index in [-0.39, 0.29) is 0 Å². The summed E-state index contributed by atoms with van der Waals surface area (Å²) in [6, 6.07) is 0. The van der Waals surface area contributed by atoms with Crippen LogP contribution in [-0.2, 0) is 11.2 Å². The molecule has 0 radical (unpaired) electrons. The number of ether oxygens (including phenoxy) is 1. The molecule has 1 aromatic heterocycles. The molecule has 0 spiro atoms. The van der Waals surface area contributed by atoms with Gasteiger partial charge in [0, 0.05) is 29.5 Å². The van der Waals surface area contributed by atoms with Crippen LogP contribution >= 0.6 is 15.9 Å². The highest BCUT2D eigenvalue weighted by Gasteiger charge is 2.00. The summed E-state index contributed by atoms with van der Waals surface area (Å²) in [5.74, 6) is 0.661. The fourth-order valence-electron chi connectivity index (χ4n) is 0.528. The zero-order valence-electron chi connectivity index (χ0n) is 5.50. The van der Waals surface area contributed by atoms with Gasteiger partial charge in [-0.3, -0.25) is 0 Å². The first kappa shape index (κ1) is 7.68. The van der Waals surface area contributed by atoms with E-state index < -0.39 is 0 Å². The van der Waals surface area contributed by atoms with Gasteiger partial charge in [0.15, 0.2) is 5.82 Å². The van der Waals surface area contributed by atoms with Crippen LogP contribution in [0.1, 0.15) is 5.82 Å². The molecule has 10 heavy (non-hydrogen) atoms. The average Bonchev–Trinajstić information content (AvgIpc) is 2.31. The second-order valence-corrected chi connectivity index (χ2v) is 2.38. The highest BCUT2D eigenvalue weighted by atomic mass is 79.9. The first-order valence-electron chi connectivity index (χ1n) is 2.80. The number of nitrogens with zero attached hydrogens (tertiary/aromatic N) is 2. The Balaban J connectivity index is 2.42. The summed E-state index contributed by atoms with van der Waals surface area (Å²) in [5, 5.41) is 3.64. The minimum absolute atomic E-state index is 0.415. The monoisotopic (exact) mass is 206 g/mol. The maximum Gasteiger partial charge on any atom is 0.293 e. The van der Waals surface area contributed by atoms with E-state index in [2.05, 4.69) is 30.6 Å². The van der Waals surface area contributed by atoms with Crippen LogP contribution in [0.25, 0.3) is 0 Å². The summed E-state index contributed by atoms with van der Waals surface area (Å²) in [6.07, 6.45) is 0.686. The Morgan fingerprint density at radius 2 is 2.50 bits per heavy atom. The van der Waals surface area contributed by atoms with Crippen molar-refractivity contribution in [3.05, 3.63) is 10.6 Å². The van der Waals surface area contributed by atoms with E-state index in [0.29, 0.717) is 23.7 Å². The van der Waals surface area contributed by atoms with Crippen LogP contribution in [-0.4, -0.2) is 23.9 Å². The predicted molar refractivity (Wildman–Crippen MR) is 37.6 cm³/mol. The van der Waals surface area contributed by atoms with Gasteiger partial charge in [0.1, 0.15) is 0 Å². The van der Waals surface area contributed by atoms with E-state index in [9.17, 15) is 0 Å². The van der Waals surface area contributed by atoms with E-state index in [1.54, 1.807) is 7.11 Å². The molecule has 0 saturated carbocycles. The minimum atomic E-state index is 0.415. The first-order chi connectivity index (χ1) is 4.83. The molecule has 0 bridgehead atoms. The average molecular weight is 207 g/mol. The van der Waals surface area contributed by atoms with Crippen LogP contribution in [0.3, 0.4) is 0 Å². The first-order valence-corrected chi connectivity index (χ1v) is 3.59. The van der Waals surface area contributed by atoms with Gasteiger partial charge in [-0.15, -0.1) is 0 Å². The summed E-state index contributed by atoms with van der Waals surface area (Å²) in [5.41, 5.74) is 0. The number of rotatable bonds is 3. The fraction of sp³-hybridized carbons (Fsp3) is 0.600. The number of methoxy groups -OCH3 is 1. The van der Waals surface area contributed by atoms with E-state index >= 15 is 0 Å². The number of hydrogen-bond acceptors (Lipinski definition) is 4. The highest BCUT2D eigenvalue weighted by molar-refractivity contribution is 9.10. The van der Waals surface area contributed by atoms with Crippen LogP contribution in [0.15, 0.2) is 9.32 Å². The van der Waals surface area contributed by atoms with Crippen LogP contribution < -0.4 is 0 Å². The molecule has 56 valence electrons. The third-order valence-corrected chi connectivity index (χ3v) is 1.30. The lowest BCUT2D eigenvalue weighted by molar-refractivity contribution is 0.199. The van der Waals surface area contributed by atoms with Crippen LogP contribution in [0, 0.1) is 0 Å². The predicted octanol–water partition coefficient (Wildman–Crippen LogP) is 1.02. The molecule has 0 aliphatic rings. The standard InChI is InChI=1S/C5H7BrN2O2/c1-9-3-2-4-7-5(6)10-8-4/h2-3H2,1H3. The van der Waals surface area contributed by atoms with Crippen molar-refractivity contribution in [2.24, 2.45) is 0 Å². The number of hydrogen-bond donors (Lipinski definition) is 0. The lowest BCUT2D eigenvalue weighted by Gasteiger charge is -1.89. The van der Waals surface area contributed by atoms with Gasteiger partial charge >= 0.3 is 0 Å². The van der Waals surface area contributed by atoms with Crippen molar-refractivity contribution in [1.82, 2.24) is 10.1 Å². The molecule has 1 rings (SSSR count). The second kappa shape index (κ2) is 3.68. The van der Waals surface area contributed by atoms with Crippen LogP contribution in [0.5, 0.6) is 0 Å². The molecule has 1 aromatic rings. The molecule has 0 saturated heterocycles. The third kappa shape index (κ3) is 2.07. The second-order valence-electron chi connectivity index (χ2n) is 1.71. The van der Waals surface area contributed by atoms with Gasteiger partial charge in [-0.25, -0.2) is 0 Å². The number of halogens is 1. The van der Waals surface area contributed by atoms with E-state index in [4.69, 9.17) is 4.74 Å². The van der Waals surface area contributed by atoms with E-state index in [1.807, 2.05) is 0 Å². The Morgan fingerprint density at radius 3 is 3.00 bits per heavy atom. The molecule has 0 fully saturated rings. The van der Waals surface area contributed by atoms with Crippen molar-refractivity contribution in [1.29, 1.82) is 0 Å². The summed E-state index contributed by atoms with van der Waals surface area (Å²) < 4.78 is 9.48. The lowest BCUT2D eigenvalue weighted by atomic mass is 10.4. The van der Waals surface area contributed by atoms with Crippen molar-refractivity contribution in [3.8, 4) is 0 Å². The third-order valence-electron chi connectivity index (χ3n) is 0.973. The Labute approximate surface area is 66.7 Å². The molecule has 1 heterocycles. The summed E-state index contributed by atoms with van der Waals surface area (Å²) in [6.45, 7) is 0.617. The molecule has 0 aliphatic heterocycles. The van der Waals surface area contributed by atoms with E-state index in [1.165, 1.54) is 0 Å². The zero-order chi connectivity index (χ0) is 7.40. The smallest absolute Gasteiger partial charge is 0.293 e. The molecule has 0 N–H and O–H groups in total. The van der Waals surface area contributed by atoms with Gasteiger partial charge in [0.25, 0.3) is 4.80 Å². The quantitative estimate of drug-likeness (QED) is 0.742. The van der Waals surface area contributed by atoms with Crippen molar-refractivity contribution in [2.75, 3.05) is 13.7 Å². The van der Waals surface area contributed by atoms with Crippen molar-refractivity contribution in [2.45, 2.75) is 6.42 Å². The van der Waals surface area contributed by atoms with Crippen molar-refractivity contribution < 1.29 is 9.26 Å². The molecule has 4 nitrogen and oxygen atoms in total. The highest BCUT2D eigenvalue weighted by Crippen LogP contribution is 2.04. The van der Waals surface area contributed by atoms with Gasteiger partial charge in [-0.05, 0) is 0 Å². The molecule has 5 heteroatoms. The Bertz CT molecular complexity index is 201. The maximum absolute atomic E-state index is 4.82. The molecule has 0 atom stereocenters. The maximum atomic E-state index is 4.82. The summed E-state index contributed by atoms with van der Waals surface area (Å²) in [4.78, 5) is 4.32. The SMILES string of the molecule is COCCc1noc(Br)n1. The Kier molecular flexibility index (Phi) is 2.82. The van der Waals surface area contributed by atoms with E-state index in [0.717, 1.165) is 0 Å². The van der Waals surface area contributed by atoms with Crippen molar-refractivity contribution >= 4 is 15.9 Å². The molecular formula is C5H7BrN2O2. The topological polar surface area (TPSA) is 48.2 Å². The lowest BCUT2D eigenvalue weighted by Crippen LogP contribution is -1.95. The minimum Gasteiger partial charge on any atom is -0.384 e. The molecule has 0 unspecified atom stereocenters. The molecule has 0 aliphatic carbocycles. The molecular weight excluding hydrogens is 200 g/mol. The normalized spacial score (nSPS) is 10.2. The van der Waals surface area contributed by atoms with Crippen LogP contribution in [0.2, 0.25) is 0 Å². The number of aromatic nitrogens is 2. The summed E-state index contributed by atoms with van der Waals surface area (Å²) >= 11 is 3.04. The van der Waals surface area contributed by atoms with Crippen LogP contribution in [0.4, 0.5) is 0 Å². The molecule has 0 amide bonds. The van der Waals surface area contributed by atoms with Gasteiger partial charge < -0.3 is 9.26 Å². The Morgan fingerprint density at radius 1 is 1.70 bits per heavy atom. The van der Waals surface area contributed by atoms with Gasteiger partial charge in [0.05, 0.1) is 6.61 Å². The molecule has 0 aromatic carbocycles. The summed E-state index contributed by atoms with van der Waals surface area (Å²) in [7, 11) is 1.63.